The molecule has 33 heavy (non-hydrogen) atoms. The Kier molecular flexibility index (Phi) is 9.32. The third-order valence-corrected chi connectivity index (χ3v) is 5.46. The van der Waals surface area contributed by atoms with Gasteiger partial charge in [0.05, 0.1) is 0 Å². The number of hydrogen-bond acceptors (Lipinski definition) is 4. The van der Waals surface area contributed by atoms with Crippen LogP contribution in [0.15, 0.2) is 18.2 Å². The van der Waals surface area contributed by atoms with Gasteiger partial charge in [0.25, 0.3) is 0 Å². The molecule has 0 aromatic heterocycles. The normalized spacial score (nSPS) is 15.4. The zero-order valence-electron chi connectivity index (χ0n) is 21.3. The van der Waals surface area contributed by atoms with Crippen LogP contribution in [0.3, 0.4) is 0 Å². The standard InChI is InChI=1S/C26H41N3O4/c1-8-9-10-13-27-23(30)22(20-15-17(2)14-18(3)16-20)29(21-11-12-21)24(31)19(4)28-25(32)33-26(5,6)7/h14-16,19,21-22H,8-13H2,1-7H3,(H,27,30)(H,28,32). The van der Waals surface area contributed by atoms with Gasteiger partial charge in [-0.05, 0) is 66.4 Å². The van der Waals surface area contributed by atoms with Gasteiger partial charge in [0.15, 0.2) is 0 Å². The number of amides is 3. The molecule has 2 N–H and O–H groups in total. The molecule has 3 amide bonds. The Morgan fingerprint density at radius 3 is 2.21 bits per heavy atom. The Balaban J connectivity index is 2.31. The van der Waals surface area contributed by atoms with E-state index in [0.29, 0.717) is 6.54 Å². The fourth-order valence-corrected chi connectivity index (χ4v) is 3.93. The third kappa shape index (κ3) is 8.37. The summed E-state index contributed by atoms with van der Waals surface area (Å²) < 4.78 is 5.31. The second-order valence-electron chi connectivity index (χ2n) is 10.2. The molecule has 0 bridgehead atoms. The maximum Gasteiger partial charge on any atom is 0.408 e. The number of carbonyl (C=O) groups is 3. The summed E-state index contributed by atoms with van der Waals surface area (Å²) in [5, 5.41) is 5.68. The maximum atomic E-state index is 13.6. The van der Waals surface area contributed by atoms with Gasteiger partial charge in [0.1, 0.15) is 17.7 Å². The summed E-state index contributed by atoms with van der Waals surface area (Å²) in [7, 11) is 0. The molecule has 1 aliphatic rings. The van der Waals surface area contributed by atoms with E-state index in [9.17, 15) is 14.4 Å². The molecule has 7 nitrogen and oxygen atoms in total. The van der Waals surface area contributed by atoms with Crippen LogP contribution in [0.25, 0.3) is 0 Å². The summed E-state index contributed by atoms with van der Waals surface area (Å²) in [5.41, 5.74) is 2.21. The molecule has 0 saturated heterocycles. The smallest absolute Gasteiger partial charge is 0.408 e. The van der Waals surface area contributed by atoms with Crippen molar-refractivity contribution in [2.45, 2.75) is 104 Å². The van der Waals surface area contributed by atoms with Crippen LogP contribution in [0.1, 0.15) is 89.5 Å². The van der Waals surface area contributed by atoms with Crippen LogP contribution < -0.4 is 10.6 Å². The summed E-state index contributed by atoms with van der Waals surface area (Å²) in [4.78, 5) is 40.9. The van der Waals surface area contributed by atoms with E-state index in [1.165, 1.54) is 0 Å². The highest BCUT2D eigenvalue weighted by molar-refractivity contribution is 5.92. The van der Waals surface area contributed by atoms with Crippen LogP contribution in [0.5, 0.6) is 0 Å². The van der Waals surface area contributed by atoms with E-state index in [2.05, 4.69) is 23.6 Å². The minimum atomic E-state index is -0.818. The second-order valence-corrected chi connectivity index (χ2v) is 10.2. The van der Waals surface area contributed by atoms with Crippen LogP contribution in [-0.2, 0) is 14.3 Å². The first-order valence-corrected chi connectivity index (χ1v) is 12.1. The molecular weight excluding hydrogens is 418 g/mol. The number of carbonyl (C=O) groups excluding carboxylic acids is 3. The lowest BCUT2D eigenvalue weighted by Crippen LogP contribution is -2.52. The zero-order chi connectivity index (χ0) is 24.8. The van der Waals surface area contributed by atoms with Gasteiger partial charge in [0, 0.05) is 12.6 Å². The van der Waals surface area contributed by atoms with E-state index in [-0.39, 0.29) is 17.9 Å². The lowest BCUT2D eigenvalue weighted by atomic mass is 9.98. The summed E-state index contributed by atoms with van der Waals surface area (Å²) >= 11 is 0. The summed E-state index contributed by atoms with van der Waals surface area (Å²) in [6, 6.07) is 4.41. The van der Waals surface area contributed by atoms with Crippen molar-refractivity contribution < 1.29 is 19.1 Å². The van der Waals surface area contributed by atoms with E-state index >= 15 is 0 Å². The van der Waals surface area contributed by atoms with Crippen molar-refractivity contribution in [1.29, 1.82) is 0 Å². The van der Waals surface area contributed by atoms with Crippen LogP contribution >= 0.6 is 0 Å². The molecule has 0 heterocycles. The lowest BCUT2D eigenvalue weighted by molar-refractivity contribution is -0.142. The lowest BCUT2D eigenvalue weighted by Gasteiger charge is -2.34. The first-order valence-electron chi connectivity index (χ1n) is 12.1. The van der Waals surface area contributed by atoms with Crippen LogP contribution in [-0.4, -0.2) is 47.0 Å². The van der Waals surface area contributed by atoms with E-state index in [0.717, 1.165) is 48.8 Å². The largest absolute Gasteiger partial charge is 0.444 e. The summed E-state index contributed by atoms with van der Waals surface area (Å²) in [6.45, 7) is 13.6. The van der Waals surface area contributed by atoms with Crippen LogP contribution in [0.2, 0.25) is 0 Å². The predicted octanol–water partition coefficient (Wildman–Crippen LogP) is 4.56. The van der Waals surface area contributed by atoms with Crippen molar-refractivity contribution in [2.24, 2.45) is 0 Å². The highest BCUT2D eigenvalue weighted by Gasteiger charge is 2.43. The number of nitrogens with zero attached hydrogens (tertiary/aromatic N) is 1. The van der Waals surface area contributed by atoms with Gasteiger partial charge in [-0.25, -0.2) is 4.79 Å². The fraction of sp³-hybridized carbons (Fsp3) is 0.654. The Bertz CT molecular complexity index is 822. The predicted molar refractivity (Wildman–Crippen MR) is 130 cm³/mol. The molecular formula is C26H41N3O4. The van der Waals surface area contributed by atoms with E-state index < -0.39 is 23.8 Å². The minimum absolute atomic E-state index is 0.0207. The molecule has 0 radical (unpaired) electrons. The molecule has 1 fully saturated rings. The quantitative estimate of drug-likeness (QED) is 0.502. The summed E-state index contributed by atoms with van der Waals surface area (Å²) in [5.74, 6) is -0.461. The molecule has 2 atom stereocenters. The van der Waals surface area contributed by atoms with Crippen molar-refractivity contribution in [1.82, 2.24) is 15.5 Å². The highest BCUT2D eigenvalue weighted by atomic mass is 16.6. The number of benzene rings is 1. The van der Waals surface area contributed by atoms with E-state index in [1.54, 1.807) is 32.6 Å². The number of unbranched alkanes of at least 4 members (excludes halogenated alkanes) is 2. The van der Waals surface area contributed by atoms with Crippen molar-refractivity contribution in [3.8, 4) is 0 Å². The van der Waals surface area contributed by atoms with Crippen molar-refractivity contribution in [3.05, 3.63) is 34.9 Å². The first kappa shape index (κ1) is 26.7. The zero-order valence-corrected chi connectivity index (χ0v) is 21.3. The average molecular weight is 460 g/mol. The maximum absolute atomic E-state index is 13.6. The fourth-order valence-electron chi connectivity index (χ4n) is 3.93. The number of aryl methyl sites for hydroxylation is 2. The van der Waals surface area contributed by atoms with Crippen molar-refractivity contribution in [2.75, 3.05) is 6.54 Å². The SMILES string of the molecule is CCCCCNC(=O)C(c1cc(C)cc(C)c1)N(C(=O)C(C)NC(=O)OC(C)(C)C)C1CC1. The van der Waals surface area contributed by atoms with Gasteiger partial charge in [-0.1, -0.05) is 49.1 Å². The van der Waals surface area contributed by atoms with Gasteiger partial charge >= 0.3 is 6.09 Å². The molecule has 2 unspecified atom stereocenters. The number of hydrogen-bond donors (Lipinski definition) is 2. The molecule has 0 aliphatic heterocycles. The van der Waals surface area contributed by atoms with Crippen LogP contribution in [0, 0.1) is 13.8 Å². The highest BCUT2D eigenvalue weighted by Crippen LogP contribution is 2.36. The Hall–Kier alpha value is -2.57. The minimum Gasteiger partial charge on any atom is -0.444 e. The van der Waals surface area contributed by atoms with E-state index in [1.807, 2.05) is 26.0 Å². The topological polar surface area (TPSA) is 87.7 Å². The number of rotatable bonds is 10. The molecule has 1 aromatic carbocycles. The Labute approximate surface area is 198 Å². The second kappa shape index (κ2) is 11.5. The van der Waals surface area contributed by atoms with Crippen LogP contribution in [0.4, 0.5) is 4.79 Å². The molecule has 0 spiro atoms. The number of nitrogens with one attached hydrogen (secondary N) is 2. The number of ether oxygens (including phenoxy) is 1. The summed E-state index contributed by atoms with van der Waals surface area (Å²) in [6.07, 6.45) is 4.04. The van der Waals surface area contributed by atoms with Gasteiger partial charge in [-0.3, -0.25) is 9.59 Å². The van der Waals surface area contributed by atoms with Gasteiger partial charge < -0.3 is 20.3 Å². The van der Waals surface area contributed by atoms with Crippen molar-refractivity contribution >= 4 is 17.9 Å². The molecule has 2 rings (SSSR count). The van der Waals surface area contributed by atoms with Gasteiger partial charge in [0.2, 0.25) is 11.8 Å². The third-order valence-electron chi connectivity index (χ3n) is 5.46. The van der Waals surface area contributed by atoms with Crippen molar-refractivity contribution in [3.63, 3.8) is 0 Å². The first-order chi connectivity index (χ1) is 15.4. The van der Waals surface area contributed by atoms with E-state index in [4.69, 9.17) is 4.74 Å². The molecule has 1 aromatic rings. The Morgan fingerprint density at radius 2 is 1.70 bits per heavy atom. The molecule has 7 heteroatoms. The molecule has 1 aliphatic carbocycles. The Morgan fingerprint density at radius 1 is 1.09 bits per heavy atom. The number of alkyl carbamates (subject to hydrolysis) is 1. The monoisotopic (exact) mass is 459 g/mol. The molecule has 184 valence electrons. The average Bonchev–Trinajstić information content (AvgIpc) is 3.51. The molecule has 1 saturated carbocycles. The van der Waals surface area contributed by atoms with Gasteiger partial charge in [-0.15, -0.1) is 0 Å². The van der Waals surface area contributed by atoms with Gasteiger partial charge in [-0.2, -0.15) is 0 Å².